The largest absolute Gasteiger partial charge is 0.495 e. The molecule has 0 bridgehead atoms. The number of halogens is 1. The monoisotopic (exact) mass is 381 g/mol. The lowest BCUT2D eigenvalue weighted by molar-refractivity contribution is 0.102. The number of nitrogens with one attached hydrogen (secondary N) is 2. The highest BCUT2D eigenvalue weighted by Crippen LogP contribution is 2.23. The summed E-state index contributed by atoms with van der Waals surface area (Å²) in [7, 11) is 1.52. The Kier molecular flexibility index (Phi) is 5.68. The van der Waals surface area contributed by atoms with E-state index in [1.165, 1.54) is 25.4 Å². The normalized spacial score (nSPS) is 10.1. The van der Waals surface area contributed by atoms with Crippen molar-refractivity contribution in [3.63, 3.8) is 0 Å². The molecule has 0 spiro atoms. The predicted octanol–water partition coefficient (Wildman–Crippen LogP) is 4.25. The molecule has 0 aliphatic heterocycles. The highest BCUT2D eigenvalue weighted by Gasteiger charge is 2.14. The predicted molar refractivity (Wildman–Crippen MR) is 105 cm³/mol. The molecule has 0 atom stereocenters. The molecule has 0 saturated carbocycles. The van der Waals surface area contributed by atoms with Crippen LogP contribution in [-0.4, -0.2) is 23.9 Å². The van der Waals surface area contributed by atoms with Crippen LogP contribution in [0, 0.1) is 0 Å². The first-order valence-electron chi connectivity index (χ1n) is 8.04. The van der Waals surface area contributed by atoms with Crippen molar-refractivity contribution in [2.45, 2.75) is 0 Å². The zero-order chi connectivity index (χ0) is 19.2. The van der Waals surface area contributed by atoms with Crippen LogP contribution in [0.4, 0.5) is 11.4 Å². The zero-order valence-electron chi connectivity index (χ0n) is 14.4. The Morgan fingerprint density at radius 1 is 0.963 bits per heavy atom. The third-order valence-corrected chi connectivity index (χ3v) is 3.96. The summed E-state index contributed by atoms with van der Waals surface area (Å²) >= 11 is 5.83. The molecule has 2 amide bonds. The van der Waals surface area contributed by atoms with Crippen molar-refractivity contribution in [3.8, 4) is 5.75 Å². The number of benzene rings is 2. The van der Waals surface area contributed by atoms with E-state index < -0.39 is 5.91 Å². The van der Waals surface area contributed by atoms with Crippen LogP contribution in [0.15, 0.2) is 66.9 Å². The van der Waals surface area contributed by atoms with Gasteiger partial charge in [0.25, 0.3) is 11.8 Å². The molecule has 1 heterocycles. The van der Waals surface area contributed by atoms with Crippen LogP contribution in [0.25, 0.3) is 0 Å². The minimum Gasteiger partial charge on any atom is -0.495 e. The minimum absolute atomic E-state index is 0.123. The summed E-state index contributed by atoms with van der Waals surface area (Å²) in [5, 5.41) is 6.04. The molecule has 3 aromatic rings. The van der Waals surface area contributed by atoms with Crippen molar-refractivity contribution in [2.24, 2.45) is 0 Å². The van der Waals surface area contributed by atoms with Crippen LogP contribution in [-0.2, 0) is 0 Å². The van der Waals surface area contributed by atoms with Gasteiger partial charge in [-0.15, -0.1) is 0 Å². The van der Waals surface area contributed by atoms with Gasteiger partial charge in [-0.1, -0.05) is 23.7 Å². The Labute approximate surface area is 161 Å². The summed E-state index contributed by atoms with van der Waals surface area (Å²) in [5.74, 6) is -0.257. The van der Waals surface area contributed by atoms with Crippen molar-refractivity contribution < 1.29 is 14.3 Å². The highest BCUT2D eigenvalue weighted by atomic mass is 35.5. The van der Waals surface area contributed by atoms with Crippen molar-refractivity contribution in [1.82, 2.24) is 4.98 Å². The second kappa shape index (κ2) is 8.33. The Hall–Kier alpha value is -3.38. The Bertz CT molecular complexity index is 974. The van der Waals surface area contributed by atoms with Crippen LogP contribution in [0.2, 0.25) is 5.02 Å². The maximum Gasteiger partial charge on any atom is 0.274 e. The number of anilines is 2. The van der Waals surface area contributed by atoms with Gasteiger partial charge in [0.05, 0.1) is 12.8 Å². The third kappa shape index (κ3) is 4.62. The Morgan fingerprint density at radius 3 is 2.44 bits per heavy atom. The number of carbonyl (C=O) groups excluding carboxylic acids is 2. The first-order valence-corrected chi connectivity index (χ1v) is 8.42. The van der Waals surface area contributed by atoms with Crippen molar-refractivity contribution >= 4 is 34.8 Å². The Balaban J connectivity index is 1.75. The van der Waals surface area contributed by atoms with Crippen LogP contribution >= 0.6 is 11.6 Å². The maximum atomic E-state index is 12.5. The van der Waals surface area contributed by atoms with E-state index in [0.29, 0.717) is 27.7 Å². The number of pyridine rings is 1. The molecule has 3 rings (SSSR count). The Morgan fingerprint density at radius 2 is 1.70 bits per heavy atom. The van der Waals surface area contributed by atoms with E-state index >= 15 is 0 Å². The summed E-state index contributed by atoms with van der Waals surface area (Å²) in [6, 6.07) is 16.7. The van der Waals surface area contributed by atoms with Gasteiger partial charge in [0.2, 0.25) is 0 Å². The smallest absolute Gasteiger partial charge is 0.274 e. The molecule has 0 aliphatic rings. The fourth-order valence-electron chi connectivity index (χ4n) is 2.37. The topological polar surface area (TPSA) is 80.3 Å². The number of aromatic nitrogens is 1. The average molecular weight is 382 g/mol. The molecule has 1 aromatic heterocycles. The number of carbonyl (C=O) groups is 2. The molecule has 0 unspecified atom stereocenters. The van der Waals surface area contributed by atoms with Gasteiger partial charge in [0, 0.05) is 22.5 Å². The average Bonchev–Trinajstić information content (AvgIpc) is 2.70. The van der Waals surface area contributed by atoms with E-state index in [1.54, 1.807) is 48.5 Å². The second-order valence-electron chi connectivity index (χ2n) is 5.55. The molecule has 0 saturated heterocycles. The molecule has 27 heavy (non-hydrogen) atoms. The summed E-state index contributed by atoms with van der Waals surface area (Å²) in [4.78, 5) is 28.9. The van der Waals surface area contributed by atoms with E-state index in [9.17, 15) is 9.59 Å². The van der Waals surface area contributed by atoms with Crippen molar-refractivity contribution in [2.75, 3.05) is 17.7 Å². The lowest BCUT2D eigenvalue weighted by atomic mass is 10.2. The molecule has 6 nitrogen and oxygen atoms in total. The van der Waals surface area contributed by atoms with Gasteiger partial charge >= 0.3 is 0 Å². The molecule has 2 aromatic carbocycles. The summed E-state index contributed by atoms with van der Waals surface area (Å²) < 4.78 is 5.22. The number of hydrogen-bond donors (Lipinski definition) is 2. The van der Waals surface area contributed by atoms with Gasteiger partial charge < -0.3 is 15.4 Å². The lowest BCUT2D eigenvalue weighted by Crippen LogP contribution is -2.17. The number of hydrogen-bond acceptors (Lipinski definition) is 4. The fraction of sp³-hybridized carbons (Fsp3) is 0.0500. The van der Waals surface area contributed by atoms with E-state index in [1.807, 2.05) is 0 Å². The van der Waals surface area contributed by atoms with Crippen LogP contribution in [0.5, 0.6) is 5.75 Å². The number of para-hydroxylation sites is 2. The van der Waals surface area contributed by atoms with Gasteiger partial charge in [-0.25, -0.2) is 0 Å². The quantitative estimate of drug-likeness (QED) is 0.692. The molecular weight excluding hydrogens is 366 g/mol. The minimum atomic E-state index is -0.427. The first-order chi connectivity index (χ1) is 13.1. The molecule has 2 N–H and O–H groups in total. The van der Waals surface area contributed by atoms with E-state index in [0.717, 1.165) is 0 Å². The van der Waals surface area contributed by atoms with Crippen LogP contribution < -0.4 is 15.4 Å². The standard InChI is InChI=1S/C20H16ClN3O3/c1-27-18-5-3-2-4-16(18)24-19(25)13-10-11-22-17(12-13)20(26)23-15-8-6-14(21)7-9-15/h2-12H,1H3,(H,23,26)(H,24,25). The highest BCUT2D eigenvalue weighted by molar-refractivity contribution is 6.30. The van der Waals surface area contributed by atoms with E-state index in [2.05, 4.69) is 15.6 Å². The molecule has 0 radical (unpaired) electrons. The van der Waals surface area contributed by atoms with Gasteiger partial charge in [-0.2, -0.15) is 0 Å². The van der Waals surface area contributed by atoms with Gasteiger partial charge in [-0.3, -0.25) is 14.6 Å². The number of amides is 2. The molecular formula is C20H16ClN3O3. The van der Waals surface area contributed by atoms with Gasteiger partial charge in [-0.05, 0) is 48.5 Å². The summed E-state index contributed by atoms with van der Waals surface area (Å²) in [6.45, 7) is 0. The fourth-order valence-corrected chi connectivity index (χ4v) is 2.49. The van der Waals surface area contributed by atoms with Crippen molar-refractivity contribution in [3.05, 3.63) is 83.1 Å². The summed E-state index contributed by atoms with van der Waals surface area (Å²) in [5.41, 5.74) is 1.54. The van der Waals surface area contributed by atoms with Crippen LogP contribution in [0.3, 0.4) is 0 Å². The first kappa shape index (κ1) is 18.4. The second-order valence-corrected chi connectivity index (χ2v) is 5.98. The lowest BCUT2D eigenvalue weighted by Gasteiger charge is -2.10. The van der Waals surface area contributed by atoms with Gasteiger partial charge in [0.1, 0.15) is 11.4 Å². The maximum absolute atomic E-state index is 12.5. The summed E-state index contributed by atoms with van der Waals surface area (Å²) in [6.07, 6.45) is 1.41. The molecule has 0 fully saturated rings. The number of nitrogens with zero attached hydrogens (tertiary/aromatic N) is 1. The van der Waals surface area contributed by atoms with Gasteiger partial charge in [0.15, 0.2) is 0 Å². The van der Waals surface area contributed by atoms with Crippen molar-refractivity contribution in [1.29, 1.82) is 0 Å². The number of ether oxygens (including phenoxy) is 1. The van der Waals surface area contributed by atoms with Crippen LogP contribution in [0.1, 0.15) is 20.8 Å². The molecule has 7 heteroatoms. The molecule has 0 aliphatic carbocycles. The SMILES string of the molecule is COc1ccccc1NC(=O)c1ccnc(C(=O)Nc2ccc(Cl)cc2)c1. The van der Waals surface area contributed by atoms with E-state index in [-0.39, 0.29) is 11.6 Å². The number of rotatable bonds is 5. The van der Waals surface area contributed by atoms with E-state index in [4.69, 9.17) is 16.3 Å². The molecule has 136 valence electrons. The number of methoxy groups -OCH3 is 1. The third-order valence-electron chi connectivity index (χ3n) is 3.71. The zero-order valence-corrected chi connectivity index (χ0v) is 15.2.